The predicted octanol–water partition coefficient (Wildman–Crippen LogP) is 2.87. The third kappa shape index (κ3) is 1.56. The summed E-state index contributed by atoms with van der Waals surface area (Å²) in [6, 6.07) is 4.97. The molecule has 2 nitrogen and oxygen atoms in total. The van der Waals surface area contributed by atoms with E-state index < -0.39 is 5.92 Å². The zero-order valence-corrected chi connectivity index (χ0v) is 8.59. The average Bonchev–Trinajstić information content (AvgIpc) is 2.43. The van der Waals surface area contributed by atoms with Crippen LogP contribution in [0.5, 0.6) is 0 Å². The Balaban J connectivity index is 2.79. The number of nitrogens with two attached hydrogens (primary N) is 1. The van der Waals surface area contributed by atoms with Gasteiger partial charge in [-0.05, 0) is 12.1 Å². The van der Waals surface area contributed by atoms with Crippen LogP contribution in [-0.4, -0.2) is 4.57 Å². The molecule has 0 saturated carbocycles. The fourth-order valence-electron chi connectivity index (χ4n) is 1.75. The van der Waals surface area contributed by atoms with Gasteiger partial charge in [0.05, 0.1) is 5.52 Å². The van der Waals surface area contributed by atoms with Crippen molar-refractivity contribution in [3.63, 3.8) is 0 Å². The molecule has 1 aromatic heterocycles. The van der Waals surface area contributed by atoms with E-state index in [1.165, 1.54) is 6.20 Å². The van der Waals surface area contributed by atoms with Crippen LogP contribution >= 0.6 is 0 Å². The Morgan fingerprint density at radius 2 is 2.00 bits per heavy atom. The van der Waals surface area contributed by atoms with Crippen LogP contribution in [0.25, 0.3) is 10.9 Å². The number of benzene rings is 1. The summed E-state index contributed by atoms with van der Waals surface area (Å²) in [6.45, 7) is 0.901. The zero-order chi connectivity index (χ0) is 11.2. The number of fused-ring (bicyclic) bond motifs is 1. The molecule has 0 amide bonds. The van der Waals surface area contributed by atoms with Crippen LogP contribution in [-0.2, 0) is 13.0 Å². The molecule has 15 heavy (non-hydrogen) atoms. The van der Waals surface area contributed by atoms with E-state index in [0.717, 1.165) is 12.4 Å². The minimum atomic E-state index is -2.82. The van der Waals surface area contributed by atoms with Gasteiger partial charge in [0.1, 0.15) is 0 Å². The molecule has 2 aromatic rings. The Hall–Kier alpha value is -1.58. The molecule has 0 saturated heterocycles. The molecule has 0 atom stereocenters. The van der Waals surface area contributed by atoms with Crippen molar-refractivity contribution in [1.82, 2.24) is 4.57 Å². The molecule has 0 unspecified atom stereocenters. The third-order valence-electron chi connectivity index (χ3n) is 2.49. The van der Waals surface area contributed by atoms with Crippen molar-refractivity contribution >= 4 is 16.6 Å². The number of nitrogen functional groups attached to an aromatic ring is 1. The maximum absolute atomic E-state index is 13.3. The van der Waals surface area contributed by atoms with Crippen LogP contribution in [0.1, 0.15) is 12.5 Å². The first-order chi connectivity index (χ1) is 6.89. The maximum Gasteiger partial charge on any atom is 0.272 e. The fourth-order valence-corrected chi connectivity index (χ4v) is 1.75. The highest BCUT2D eigenvalue weighted by molar-refractivity contribution is 5.87. The van der Waals surface area contributed by atoms with E-state index in [-0.39, 0.29) is 5.56 Å². The van der Waals surface area contributed by atoms with E-state index in [4.69, 9.17) is 5.73 Å². The molecular weight excluding hydrogens is 198 g/mol. The van der Waals surface area contributed by atoms with Crippen molar-refractivity contribution in [1.29, 1.82) is 0 Å². The quantitative estimate of drug-likeness (QED) is 0.721. The number of alkyl halides is 2. The van der Waals surface area contributed by atoms with Gasteiger partial charge in [-0.2, -0.15) is 0 Å². The van der Waals surface area contributed by atoms with Crippen molar-refractivity contribution in [2.45, 2.75) is 12.8 Å². The SMILES string of the molecule is Cn1cc(C(C)(F)F)c2ccc(N)cc21. The van der Waals surface area contributed by atoms with Gasteiger partial charge in [0, 0.05) is 36.8 Å². The lowest BCUT2D eigenvalue weighted by Crippen LogP contribution is -2.05. The average molecular weight is 210 g/mol. The lowest BCUT2D eigenvalue weighted by molar-refractivity contribution is 0.0189. The summed E-state index contributed by atoms with van der Waals surface area (Å²) in [6.07, 6.45) is 1.45. The van der Waals surface area contributed by atoms with Crippen LogP contribution in [0.4, 0.5) is 14.5 Å². The number of halogens is 2. The molecule has 0 aliphatic rings. The smallest absolute Gasteiger partial charge is 0.272 e. The molecular formula is C11H12F2N2. The predicted molar refractivity (Wildman–Crippen MR) is 56.9 cm³/mol. The van der Waals surface area contributed by atoms with E-state index >= 15 is 0 Å². The minimum absolute atomic E-state index is 0.0417. The molecule has 0 radical (unpaired) electrons. The van der Waals surface area contributed by atoms with Gasteiger partial charge < -0.3 is 10.3 Å². The van der Waals surface area contributed by atoms with Gasteiger partial charge in [-0.25, -0.2) is 8.78 Å². The molecule has 2 rings (SSSR count). The fraction of sp³-hybridized carbons (Fsp3) is 0.273. The third-order valence-corrected chi connectivity index (χ3v) is 2.49. The summed E-state index contributed by atoms with van der Waals surface area (Å²) in [5.74, 6) is -2.82. The highest BCUT2D eigenvalue weighted by Gasteiger charge is 2.28. The number of rotatable bonds is 1. The first kappa shape index (κ1) is 9.96. The van der Waals surface area contributed by atoms with E-state index in [0.29, 0.717) is 11.1 Å². The second-order valence-corrected chi connectivity index (χ2v) is 3.82. The minimum Gasteiger partial charge on any atom is -0.399 e. The first-order valence-electron chi connectivity index (χ1n) is 4.62. The zero-order valence-electron chi connectivity index (χ0n) is 8.59. The van der Waals surface area contributed by atoms with Crippen molar-refractivity contribution in [2.24, 2.45) is 7.05 Å². The molecule has 1 aromatic carbocycles. The normalized spacial score (nSPS) is 12.3. The molecule has 0 bridgehead atoms. The lowest BCUT2D eigenvalue weighted by atomic mass is 10.1. The Bertz CT molecular complexity index is 509. The summed E-state index contributed by atoms with van der Waals surface area (Å²) in [7, 11) is 1.73. The monoisotopic (exact) mass is 210 g/mol. The van der Waals surface area contributed by atoms with Crippen molar-refractivity contribution in [2.75, 3.05) is 5.73 Å². The van der Waals surface area contributed by atoms with Crippen LogP contribution in [0, 0.1) is 0 Å². The van der Waals surface area contributed by atoms with Gasteiger partial charge in [0.15, 0.2) is 0 Å². The Morgan fingerprint density at radius 1 is 1.33 bits per heavy atom. The Kier molecular flexibility index (Phi) is 1.96. The van der Waals surface area contributed by atoms with Crippen molar-refractivity contribution in [3.05, 3.63) is 30.0 Å². The number of hydrogen-bond donors (Lipinski definition) is 1. The topological polar surface area (TPSA) is 30.9 Å². The number of nitrogens with zero attached hydrogens (tertiary/aromatic N) is 1. The van der Waals surface area contributed by atoms with E-state index in [9.17, 15) is 8.78 Å². The van der Waals surface area contributed by atoms with Gasteiger partial charge in [0.25, 0.3) is 5.92 Å². The number of anilines is 1. The van der Waals surface area contributed by atoms with Gasteiger partial charge in [-0.1, -0.05) is 6.07 Å². The van der Waals surface area contributed by atoms with Gasteiger partial charge >= 0.3 is 0 Å². The molecule has 80 valence electrons. The molecule has 0 fully saturated rings. The highest BCUT2D eigenvalue weighted by atomic mass is 19.3. The van der Waals surface area contributed by atoms with Crippen LogP contribution in [0.15, 0.2) is 24.4 Å². The van der Waals surface area contributed by atoms with E-state index in [1.807, 2.05) is 0 Å². The van der Waals surface area contributed by atoms with Crippen molar-refractivity contribution in [3.8, 4) is 0 Å². The molecule has 1 heterocycles. The summed E-state index contributed by atoms with van der Waals surface area (Å²) in [5.41, 5.74) is 6.96. The molecule has 0 spiro atoms. The van der Waals surface area contributed by atoms with E-state index in [2.05, 4.69) is 0 Å². The first-order valence-corrected chi connectivity index (χ1v) is 4.62. The van der Waals surface area contributed by atoms with Gasteiger partial charge in [0.2, 0.25) is 0 Å². The molecule has 0 aliphatic carbocycles. The molecule has 2 N–H and O–H groups in total. The summed E-state index contributed by atoms with van der Waals surface area (Å²) < 4.78 is 28.2. The summed E-state index contributed by atoms with van der Waals surface area (Å²) in [5, 5.41) is 0.555. The number of hydrogen-bond acceptors (Lipinski definition) is 1. The summed E-state index contributed by atoms with van der Waals surface area (Å²) >= 11 is 0. The van der Waals surface area contributed by atoms with Crippen LogP contribution in [0.3, 0.4) is 0 Å². The maximum atomic E-state index is 13.3. The van der Waals surface area contributed by atoms with Crippen LogP contribution < -0.4 is 5.73 Å². The number of aryl methyl sites for hydroxylation is 1. The van der Waals surface area contributed by atoms with Gasteiger partial charge in [-0.3, -0.25) is 0 Å². The van der Waals surface area contributed by atoms with Crippen LogP contribution in [0.2, 0.25) is 0 Å². The standard InChI is InChI=1S/C11H12F2N2/c1-11(12,13)9-6-15(2)10-5-7(14)3-4-8(9)10/h3-6H,14H2,1-2H3. The largest absolute Gasteiger partial charge is 0.399 e. The van der Waals surface area contributed by atoms with E-state index in [1.54, 1.807) is 29.8 Å². The number of aromatic nitrogens is 1. The lowest BCUT2D eigenvalue weighted by Gasteiger charge is -2.08. The molecule has 4 heteroatoms. The van der Waals surface area contributed by atoms with Gasteiger partial charge in [-0.15, -0.1) is 0 Å². The Morgan fingerprint density at radius 3 is 2.60 bits per heavy atom. The Labute approximate surface area is 86.3 Å². The van der Waals surface area contributed by atoms with Crippen molar-refractivity contribution < 1.29 is 8.78 Å². The highest BCUT2D eigenvalue weighted by Crippen LogP contribution is 2.34. The second kappa shape index (κ2) is 2.95. The molecule has 0 aliphatic heterocycles. The summed E-state index contributed by atoms with van der Waals surface area (Å²) in [4.78, 5) is 0. The second-order valence-electron chi connectivity index (χ2n) is 3.82.